The summed E-state index contributed by atoms with van der Waals surface area (Å²) >= 11 is 0. The second-order valence-electron chi connectivity index (χ2n) is 6.97. The van der Waals surface area contributed by atoms with Gasteiger partial charge in [0.1, 0.15) is 5.82 Å². The van der Waals surface area contributed by atoms with Gasteiger partial charge >= 0.3 is 0 Å². The number of pyridine rings is 1. The first-order valence-electron chi connectivity index (χ1n) is 14.9. The average molecular weight is 457 g/mol. The molecule has 4 rings (SSSR count). The van der Waals surface area contributed by atoms with E-state index in [0.29, 0.717) is 12.1 Å². The number of nitrogens with one attached hydrogen (secondary N) is 1. The molecule has 0 radical (unpaired) electrons. The molecule has 1 aromatic carbocycles. The van der Waals surface area contributed by atoms with Crippen molar-refractivity contribution >= 4 is 5.82 Å². The van der Waals surface area contributed by atoms with Gasteiger partial charge in [0.05, 0.1) is 13.6 Å². The number of aromatic nitrogens is 3. The SMILES string of the molecule is [2H]C1([2H])CC(n2cc(-c3cnc(N)c(OC([2H])(c4c(C([2H])([2H])[2H])ccc(F)c4C([2H])([2H])[2H])C(F)F)c3)cn2)CC([2H])([2H])N1. The van der Waals surface area contributed by atoms with Crippen molar-refractivity contribution in [1.82, 2.24) is 20.1 Å². The fourth-order valence-electron chi connectivity index (χ4n) is 3.20. The summed E-state index contributed by atoms with van der Waals surface area (Å²) in [6.07, 6.45) is -4.01. The van der Waals surface area contributed by atoms with Crippen molar-refractivity contribution in [1.29, 1.82) is 0 Å². The molecule has 1 unspecified atom stereocenters. The largest absolute Gasteiger partial charge is 0.476 e. The minimum Gasteiger partial charge on any atom is -0.476 e. The third kappa shape index (κ3) is 4.43. The lowest BCUT2D eigenvalue weighted by atomic mass is 9.97. The number of nitrogen functional groups attached to an aromatic ring is 1. The normalized spacial score (nSPS) is 25.8. The van der Waals surface area contributed by atoms with E-state index in [-0.39, 0.29) is 24.0 Å². The average Bonchev–Trinajstić information content (AvgIpc) is 3.32. The second kappa shape index (κ2) is 9.20. The van der Waals surface area contributed by atoms with E-state index < -0.39 is 79.3 Å². The van der Waals surface area contributed by atoms with Crippen LogP contribution < -0.4 is 15.8 Å². The Bertz CT molecular complexity index is 1500. The summed E-state index contributed by atoms with van der Waals surface area (Å²) in [7, 11) is 0. The zero-order valence-corrected chi connectivity index (χ0v) is 16.5. The molecule has 3 aromatic rings. The highest BCUT2D eigenvalue weighted by Crippen LogP contribution is 2.36. The van der Waals surface area contributed by atoms with Gasteiger partial charge in [-0.05, 0) is 62.8 Å². The molecule has 9 heteroatoms. The Kier molecular flexibility index (Phi) is 3.52. The Morgan fingerprint density at radius 3 is 2.81 bits per heavy atom. The van der Waals surface area contributed by atoms with Crippen LogP contribution in [0.4, 0.5) is 19.0 Å². The summed E-state index contributed by atoms with van der Waals surface area (Å²) in [4.78, 5) is 3.88. The van der Waals surface area contributed by atoms with Gasteiger partial charge in [-0.15, -0.1) is 0 Å². The standard InChI is InChI=1S/C23H26F3N5O/c1-13-3-4-18(24)14(2)20(13)21(22(25)26)32-19-9-15(10-29-23(19)27)16-11-30-31(12-16)17-5-7-28-8-6-17/h3-4,9-12,17,21-22,28H,5-8H2,1-2H3,(H2,27,29)/i1D3,2D3,7D2,8D2,21D. The van der Waals surface area contributed by atoms with Crippen LogP contribution in [-0.2, 0) is 0 Å². The highest BCUT2D eigenvalue weighted by Gasteiger charge is 2.30. The fourth-order valence-corrected chi connectivity index (χ4v) is 3.20. The predicted molar refractivity (Wildman–Crippen MR) is 116 cm³/mol. The molecule has 6 nitrogen and oxygen atoms in total. The van der Waals surface area contributed by atoms with E-state index in [1.54, 1.807) is 0 Å². The van der Waals surface area contributed by atoms with Gasteiger partial charge in [-0.1, -0.05) is 6.07 Å². The van der Waals surface area contributed by atoms with Crippen molar-refractivity contribution in [3.63, 3.8) is 0 Å². The zero-order valence-electron chi connectivity index (χ0n) is 27.5. The molecule has 0 aliphatic carbocycles. The number of nitrogens with zero attached hydrogens (tertiary/aromatic N) is 3. The Morgan fingerprint density at radius 1 is 1.28 bits per heavy atom. The molecule has 1 atom stereocenters. The molecular weight excluding hydrogens is 419 g/mol. The predicted octanol–water partition coefficient (Wildman–Crippen LogP) is 4.59. The van der Waals surface area contributed by atoms with Gasteiger partial charge in [0.15, 0.2) is 17.6 Å². The molecule has 3 heterocycles. The van der Waals surface area contributed by atoms with E-state index in [1.807, 2.05) is 0 Å². The number of nitrogens with two attached hydrogens (primary N) is 1. The van der Waals surface area contributed by atoms with Gasteiger partial charge in [0, 0.05) is 42.8 Å². The molecule has 1 aliphatic rings. The van der Waals surface area contributed by atoms with E-state index in [2.05, 4.69) is 15.4 Å². The van der Waals surface area contributed by atoms with Crippen LogP contribution in [0.15, 0.2) is 36.8 Å². The zero-order chi connectivity index (χ0) is 32.3. The number of rotatable bonds is 6. The number of piperidine rings is 1. The summed E-state index contributed by atoms with van der Waals surface area (Å²) in [6.45, 7) is -10.8. The minimum atomic E-state index is -3.91. The van der Waals surface area contributed by atoms with Gasteiger partial charge in [-0.2, -0.15) is 5.10 Å². The maximum atomic E-state index is 14.8. The van der Waals surface area contributed by atoms with Crippen LogP contribution in [0.25, 0.3) is 11.1 Å². The number of aryl methyl sites for hydroxylation is 1. The van der Waals surface area contributed by atoms with Crippen molar-refractivity contribution < 1.29 is 33.0 Å². The van der Waals surface area contributed by atoms with Gasteiger partial charge in [0.2, 0.25) is 0 Å². The first-order valence-corrected chi connectivity index (χ1v) is 9.45. The van der Waals surface area contributed by atoms with E-state index in [4.69, 9.17) is 25.5 Å². The number of hydrogen-bond acceptors (Lipinski definition) is 5. The van der Waals surface area contributed by atoms with Crippen LogP contribution in [0.5, 0.6) is 5.75 Å². The molecule has 0 spiro atoms. The van der Waals surface area contributed by atoms with E-state index in [0.717, 1.165) is 6.07 Å². The molecule has 3 N–H and O–H groups in total. The minimum absolute atomic E-state index is 0.122. The van der Waals surface area contributed by atoms with Crippen LogP contribution >= 0.6 is 0 Å². The molecular formula is C23H26F3N5O. The third-order valence-corrected chi connectivity index (χ3v) is 4.86. The van der Waals surface area contributed by atoms with Gasteiger partial charge in [-0.3, -0.25) is 4.68 Å². The number of benzene rings is 1. The summed E-state index contributed by atoms with van der Waals surface area (Å²) in [5, 5.41) is 6.44. The van der Waals surface area contributed by atoms with Gasteiger partial charge in [0.25, 0.3) is 6.43 Å². The van der Waals surface area contributed by atoms with Crippen LogP contribution in [0.1, 0.15) is 56.7 Å². The monoisotopic (exact) mass is 456 g/mol. The maximum absolute atomic E-state index is 14.8. The summed E-state index contributed by atoms with van der Waals surface area (Å²) in [6, 6.07) is 1.47. The van der Waals surface area contributed by atoms with Crippen molar-refractivity contribution in [3.05, 3.63) is 59.3 Å². The van der Waals surface area contributed by atoms with Crippen molar-refractivity contribution in [2.45, 2.75) is 45.1 Å². The molecule has 0 bridgehead atoms. The number of hydrogen-bond donors (Lipinski definition) is 2. The summed E-state index contributed by atoms with van der Waals surface area (Å²) in [5.74, 6) is -2.74. The Hall–Kier alpha value is -3.07. The smallest absolute Gasteiger partial charge is 0.279 e. The van der Waals surface area contributed by atoms with Gasteiger partial charge in [-0.25, -0.2) is 18.2 Å². The first-order chi connectivity index (χ1) is 19.5. The lowest BCUT2D eigenvalue weighted by Crippen LogP contribution is -2.29. The quantitative estimate of drug-likeness (QED) is 0.567. The molecule has 170 valence electrons. The number of anilines is 1. The molecule has 0 saturated carbocycles. The molecule has 1 saturated heterocycles. The Labute approximate surface area is 200 Å². The topological polar surface area (TPSA) is 78.0 Å². The van der Waals surface area contributed by atoms with E-state index in [1.165, 1.54) is 23.3 Å². The van der Waals surface area contributed by atoms with Crippen molar-refractivity contribution in [2.24, 2.45) is 0 Å². The molecule has 1 fully saturated rings. The Morgan fingerprint density at radius 2 is 2.09 bits per heavy atom. The first kappa shape index (κ1) is 12.2. The number of ether oxygens (including phenoxy) is 1. The van der Waals surface area contributed by atoms with Gasteiger partial charge < -0.3 is 15.8 Å². The Balaban J connectivity index is 1.79. The maximum Gasteiger partial charge on any atom is 0.279 e. The highest BCUT2D eigenvalue weighted by atomic mass is 19.3. The molecule has 0 amide bonds. The van der Waals surface area contributed by atoms with Crippen molar-refractivity contribution in [2.75, 3.05) is 18.7 Å². The third-order valence-electron chi connectivity index (χ3n) is 4.86. The van der Waals surface area contributed by atoms with Crippen LogP contribution in [0.3, 0.4) is 0 Å². The summed E-state index contributed by atoms with van der Waals surface area (Å²) < 4.78 is 138. The van der Waals surface area contributed by atoms with E-state index in [9.17, 15) is 13.2 Å². The molecule has 32 heavy (non-hydrogen) atoms. The van der Waals surface area contributed by atoms with E-state index >= 15 is 0 Å². The molecule has 1 aliphatic heterocycles. The second-order valence-corrected chi connectivity index (χ2v) is 6.97. The summed E-state index contributed by atoms with van der Waals surface area (Å²) in [5.41, 5.74) is 2.42. The highest BCUT2D eigenvalue weighted by molar-refractivity contribution is 5.66. The van der Waals surface area contributed by atoms with Crippen LogP contribution in [-0.4, -0.2) is 34.2 Å². The fraction of sp³-hybridized carbons (Fsp3) is 0.391. The van der Waals surface area contributed by atoms with Crippen molar-refractivity contribution in [3.8, 4) is 16.9 Å². The van der Waals surface area contributed by atoms with Crippen LogP contribution in [0, 0.1) is 19.5 Å². The number of halogens is 3. The van der Waals surface area contributed by atoms with Crippen LogP contribution in [0.2, 0.25) is 0 Å². The number of alkyl halides is 2. The lowest BCUT2D eigenvalue weighted by molar-refractivity contribution is 0.00988. The molecule has 2 aromatic heterocycles. The lowest BCUT2D eigenvalue weighted by Gasteiger charge is -2.23.